The smallest absolute Gasteiger partial charge is 0.0994 e. The van der Waals surface area contributed by atoms with Gasteiger partial charge in [-0.25, -0.2) is 4.98 Å². The van der Waals surface area contributed by atoms with Crippen LogP contribution in [0.5, 0.6) is 0 Å². The Labute approximate surface area is 119 Å². The van der Waals surface area contributed by atoms with Gasteiger partial charge in [-0.1, -0.05) is 6.07 Å². The molecule has 0 fully saturated rings. The lowest BCUT2D eigenvalue weighted by Crippen LogP contribution is -2.35. The molecule has 2 aromatic rings. The molecule has 0 aliphatic rings. The minimum absolute atomic E-state index is 0.107. The van der Waals surface area contributed by atoms with E-state index in [1.54, 1.807) is 11.8 Å². The molecule has 4 heteroatoms. The van der Waals surface area contributed by atoms with Gasteiger partial charge in [-0.2, -0.15) is 0 Å². The third kappa shape index (κ3) is 3.85. The number of imidazole rings is 1. The summed E-state index contributed by atoms with van der Waals surface area (Å²) in [5.74, 6) is 0. The van der Waals surface area contributed by atoms with Crippen molar-refractivity contribution < 1.29 is 0 Å². The highest BCUT2D eigenvalue weighted by Crippen LogP contribution is 2.19. The molecule has 1 aromatic heterocycles. The molecule has 3 nitrogen and oxygen atoms in total. The molecule has 1 aromatic carbocycles. The van der Waals surface area contributed by atoms with Gasteiger partial charge in [0.15, 0.2) is 0 Å². The van der Waals surface area contributed by atoms with Crippen molar-refractivity contribution in [2.45, 2.75) is 37.8 Å². The van der Waals surface area contributed by atoms with Crippen LogP contribution in [0.3, 0.4) is 0 Å². The van der Waals surface area contributed by atoms with Crippen molar-refractivity contribution in [2.75, 3.05) is 6.26 Å². The summed E-state index contributed by atoms with van der Waals surface area (Å²) in [6.07, 6.45) is 5.89. The molecule has 0 amide bonds. The SMILES string of the molecule is CSc1cccc(-n2cncc2CNC(C)(C)C)c1. The van der Waals surface area contributed by atoms with Crippen molar-refractivity contribution in [1.29, 1.82) is 0 Å². The van der Waals surface area contributed by atoms with Crippen LogP contribution in [0.2, 0.25) is 0 Å². The molecular weight excluding hydrogens is 254 g/mol. The quantitative estimate of drug-likeness (QED) is 0.866. The van der Waals surface area contributed by atoms with Gasteiger partial charge in [0.1, 0.15) is 0 Å². The molecule has 102 valence electrons. The Morgan fingerprint density at radius 3 is 2.79 bits per heavy atom. The number of hydrogen-bond donors (Lipinski definition) is 1. The minimum atomic E-state index is 0.107. The lowest BCUT2D eigenvalue weighted by atomic mass is 10.1. The van der Waals surface area contributed by atoms with Crippen LogP contribution in [0.1, 0.15) is 26.5 Å². The van der Waals surface area contributed by atoms with E-state index in [4.69, 9.17) is 0 Å². The number of hydrogen-bond acceptors (Lipinski definition) is 3. The Morgan fingerprint density at radius 1 is 1.32 bits per heavy atom. The standard InChI is InChI=1S/C15H21N3S/c1-15(2,3)17-10-13-9-16-11-18(13)12-6-5-7-14(8-12)19-4/h5-9,11,17H,10H2,1-4H3. The Bertz CT molecular complexity index is 540. The molecule has 0 atom stereocenters. The van der Waals surface area contributed by atoms with Gasteiger partial charge in [-0.05, 0) is 45.2 Å². The predicted octanol–water partition coefficient (Wildman–Crippen LogP) is 3.48. The first-order valence-corrected chi connectivity index (χ1v) is 7.63. The molecule has 0 spiro atoms. The number of nitrogens with one attached hydrogen (secondary N) is 1. The van der Waals surface area contributed by atoms with E-state index in [-0.39, 0.29) is 5.54 Å². The summed E-state index contributed by atoms with van der Waals surface area (Å²) in [6.45, 7) is 7.32. The Balaban J connectivity index is 2.23. The van der Waals surface area contributed by atoms with Crippen LogP contribution in [0.25, 0.3) is 5.69 Å². The van der Waals surface area contributed by atoms with Crippen molar-refractivity contribution in [2.24, 2.45) is 0 Å². The largest absolute Gasteiger partial charge is 0.306 e. The summed E-state index contributed by atoms with van der Waals surface area (Å²) in [4.78, 5) is 5.54. The number of nitrogens with zero attached hydrogens (tertiary/aromatic N) is 2. The maximum absolute atomic E-state index is 4.27. The Morgan fingerprint density at radius 2 is 2.11 bits per heavy atom. The van der Waals surface area contributed by atoms with Gasteiger partial charge in [-0.3, -0.25) is 0 Å². The van der Waals surface area contributed by atoms with Crippen molar-refractivity contribution in [3.8, 4) is 5.69 Å². The van der Waals surface area contributed by atoms with Crippen LogP contribution in [0.15, 0.2) is 41.7 Å². The molecule has 0 aliphatic carbocycles. The summed E-state index contributed by atoms with van der Waals surface area (Å²) in [6, 6.07) is 8.51. The molecule has 0 bridgehead atoms. The van der Waals surface area contributed by atoms with E-state index in [9.17, 15) is 0 Å². The third-order valence-corrected chi connectivity index (χ3v) is 3.57. The zero-order chi connectivity index (χ0) is 13.9. The van der Waals surface area contributed by atoms with Crippen LogP contribution in [0.4, 0.5) is 0 Å². The van der Waals surface area contributed by atoms with E-state index in [1.165, 1.54) is 10.6 Å². The first-order valence-electron chi connectivity index (χ1n) is 6.40. The molecule has 0 unspecified atom stereocenters. The maximum atomic E-state index is 4.27. The molecular formula is C15H21N3S. The van der Waals surface area contributed by atoms with Gasteiger partial charge in [0, 0.05) is 28.9 Å². The van der Waals surface area contributed by atoms with Gasteiger partial charge in [0.2, 0.25) is 0 Å². The first kappa shape index (κ1) is 14.2. The summed E-state index contributed by atoms with van der Waals surface area (Å²) in [7, 11) is 0. The summed E-state index contributed by atoms with van der Waals surface area (Å²) in [5.41, 5.74) is 2.44. The second-order valence-corrected chi connectivity index (χ2v) is 6.44. The monoisotopic (exact) mass is 275 g/mol. The van der Waals surface area contributed by atoms with Crippen LogP contribution in [-0.2, 0) is 6.54 Å². The summed E-state index contributed by atoms with van der Waals surface area (Å²) in [5, 5.41) is 3.50. The van der Waals surface area contributed by atoms with Crippen molar-refractivity contribution in [3.05, 3.63) is 42.5 Å². The average molecular weight is 275 g/mol. The lowest BCUT2D eigenvalue weighted by molar-refractivity contribution is 0.419. The fraction of sp³-hybridized carbons (Fsp3) is 0.400. The third-order valence-electron chi connectivity index (χ3n) is 2.85. The number of aromatic nitrogens is 2. The summed E-state index contributed by atoms with van der Waals surface area (Å²) >= 11 is 1.75. The second kappa shape index (κ2) is 5.80. The predicted molar refractivity (Wildman–Crippen MR) is 81.9 cm³/mol. The molecule has 0 saturated heterocycles. The van der Waals surface area contributed by atoms with Crippen LogP contribution in [0, 0.1) is 0 Å². The Hall–Kier alpha value is -1.26. The topological polar surface area (TPSA) is 29.9 Å². The molecule has 2 rings (SSSR count). The van der Waals surface area contributed by atoms with Crippen molar-refractivity contribution in [3.63, 3.8) is 0 Å². The normalized spacial score (nSPS) is 11.8. The maximum Gasteiger partial charge on any atom is 0.0994 e. The van der Waals surface area contributed by atoms with Gasteiger partial charge in [0.25, 0.3) is 0 Å². The van der Waals surface area contributed by atoms with Crippen molar-refractivity contribution in [1.82, 2.24) is 14.9 Å². The highest BCUT2D eigenvalue weighted by Gasteiger charge is 2.11. The highest BCUT2D eigenvalue weighted by atomic mass is 32.2. The zero-order valence-corrected chi connectivity index (χ0v) is 12.8. The van der Waals surface area contributed by atoms with Crippen LogP contribution >= 0.6 is 11.8 Å². The van der Waals surface area contributed by atoms with E-state index in [0.29, 0.717) is 0 Å². The van der Waals surface area contributed by atoms with Crippen LogP contribution < -0.4 is 5.32 Å². The lowest BCUT2D eigenvalue weighted by Gasteiger charge is -2.21. The minimum Gasteiger partial charge on any atom is -0.306 e. The second-order valence-electron chi connectivity index (χ2n) is 5.56. The molecule has 0 radical (unpaired) electrons. The van der Waals surface area contributed by atoms with Gasteiger partial charge >= 0.3 is 0 Å². The van der Waals surface area contributed by atoms with Gasteiger partial charge in [-0.15, -0.1) is 11.8 Å². The zero-order valence-electron chi connectivity index (χ0n) is 12.0. The van der Waals surface area contributed by atoms with E-state index < -0.39 is 0 Å². The average Bonchev–Trinajstić information content (AvgIpc) is 2.84. The fourth-order valence-corrected chi connectivity index (χ4v) is 2.26. The number of rotatable bonds is 4. The van der Waals surface area contributed by atoms with E-state index in [0.717, 1.165) is 12.2 Å². The highest BCUT2D eigenvalue weighted by molar-refractivity contribution is 7.98. The first-order chi connectivity index (χ1) is 8.99. The summed E-state index contributed by atoms with van der Waals surface area (Å²) < 4.78 is 2.14. The molecule has 19 heavy (non-hydrogen) atoms. The van der Waals surface area contributed by atoms with Crippen LogP contribution in [-0.4, -0.2) is 21.3 Å². The Kier molecular flexibility index (Phi) is 4.32. The van der Waals surface area contributed by atoms with Gasteiger partial charge < -0.3 is 9.88 Å². The number of benzene rings is 1. The molecule has 0 aliphatic heterocycles. The van der Waals surface area contributed by atoms with E-state index in [2.05, 4.69) is 66.2 Å². The molecule has 1 heterocycles. The fourth-order valence-electron chi connectivity index (χ4n) is 1.80. The van der Waals surface area contributed by atoms with E-state index >= 15 is 0 Å². The van der Waals surface area contributed by atoms with Gasteiger partial charge in [0.05, 0.1) is 12.0 Å². The number of thioether (sulfide) groups is 1. The van der Waals surface area contributed by atoms with E-state index in [1.807, 2.05) is 12.5 Å². The van der Waals surface area contributed by atoms with Crippen molar-refractivity contribution >= 4 is 11.8 Å². The molecule has 0 saturated carbocycles. The molecule has 1 N–H and O–H groups in total.